The molecule has 0 aromatic carbocycles. The van der Waals surface area contributed by atoms with E-state index in [9.17, 15) is 0 Å². The standard InChI is InChI=1S/C11H12N2/c1-8(2)10-7-13(3)11-9(10)5-4-6-12-11/h4-7H,1H2,2-3H3. The molecule has 0 unspecified atom stereocenters. The number of aryl methyl sites for hydroxylation is 1. The highest BCUT2D eigenvalue weighted by molar-refractivity contribution is 5.89. The molecule has 0 N–H and O–H groups in total. The van der Waals surface area contributed by atoms with Crippen molar-refractivity contribution in [3.63, 3.8) is 0 Å². The van der Waals surface area contributed by atoms with Crippen molar-refractivity contribution >= 4 is 16.6 Å². The third-order valence-electron chi connectivity index (χ3n) is 2.19. The Hall–Kier alpha value is -1.57. The third-order valence-corrected chi connectivity index (χ3v) is 2.19. The molecule has 2 rings (SSSR count). The van der Waals surface area contributed by atoms with Gasteiger partial charge < -0.3 is 4.57 Å². The van der Waals surface area contributed by atoms with Gasteiger partial charge in [0, 0.05) is 30.4 Å². The molecule has 2 heterocycles. The Bertz CT molecular complexity index is 466. The van der Waals surface area contributed by atoms with Crippen molar-refractivity contribution in [3.05, 3.63) is 36.7 Å². The van der Waals surface area contributed by atoms with E-state index in [1.54, 1.807) is 0 Å². The molecule has 0 aliphatic rings. The molecule has 0 aliphatic carbocycles. The summed E-state index contributed by atoms with van der Waals surface area (Å²) in [5, 5.41) is 1.18. The molecule has 0 spiro atoms. The lowest BCUT2D eigenvalue weighted by atomic mass is 10.1. The van der Waals surface area contributed by atoms with Crippen molar-refractivity contribution < 1.29 is 0 Å². The minimum absolute atomic E-state index is 1.01. The molecular weight excluding hydrogens is 160 g/mol. The van der Waals surface area contributed by atoms with Gasteiger partial charge in [-0.1, -0.05) is 6.58 Å². The van der Waals surface area contributed by atoms with Crippen molar-refractivity contribution in [1.82, 2.24) is 9.55 Å². The molecule has 2 nitrogen and oxygen atoms in total. The maximum atomic E-state index is 4.31. The Morgan fingerprint density at radius 1 is 1.54 bits per heavy atom. The number of nitrogens with zero attached hydrogens (tertiary/aromatic N) is 2. The number of rotatable bonds is 1. The first-order valence-corrected chi connectivity index (χ1v) is 4.26. The van der Waals surface area contributed by atoms with E-state index in [2.05, 4.69) is 23.8 Å². The predicted octanol–water partition coefficient (Wildman–Crippen LogP) is 2.61. The molecule has 0 saturated carbocycles. The maximum absolute atomic E-state index is 4.31. The van der Waals surface area contributed by atoms with Crippen LogP contribution in [0.25, 0.3) is 16.6 Å². The minimum Gasteiger partial charge on any atom is -0.335 e. The summed E-state index contributed by atoms with van der Waals surface area (Å²) in [6.45, 7) is 5.96. The van der Waals surface area contributed by atoms with Gasteiger partial charge in [-0.3, -0.25) is 0 Å². The van der Waals surface area contributed by atoms with Crippen molar-refractivity contribution in [3.8, 4) is 0 Å². The molecule has 2 aromatic heterocycles. The number of hydrogen-bond acceptors (Lipinski definition) is 1. The van der Waals surface area contributed by atoms with E-state index in [0.29, 0.717) is 0 Å². The smallest absolute Gasteiger partial charge is 0.140 e. The van der Waals surface area contributed by atoms with Gasteiger partial charge in [-0.05, 0) is 24.6 Å². The van der Waals surface area contributed by atoms with Crippen LogP contribution in [0.4, 0.5) is 0 Å². The van der Waals surface area contributed by atoms with Crippen LogP contribution in [0.15, 0.2) is 31.1 Å². The van der Waals surface area contributed by atoms with E-state index < -0.39 is 0 Å². The molecule has 0 bridgehead atoms. The number of pyridine rings is 1. The first kappa shape index (κ1) is 8.05. The van der Waals surface area contributed by atoms with Gasteiger partial charge in [0.25, 0.3) is 0 Å². The van der Waals surface area contributed by atoms with Crippen LogP contribution in [0.3, 0.4) is 0 Å². The average molecular weight is 172 g/mol. The van der Waals surface area contributed by atoms with Crippen molar-refractivity contribution in [2.24, 2.45) is 7.05 Å². The topological polar surface area (TPSA) is 17.8 Å². The van der Waals surface area contributed by atoms with Crippen LogP contribution in [0.5, 0.6) is 0 Å². The summed E-state index contributed by atoms with van der Waals surface area (Å²) in [5.41, 5.74) is 3.28. The van der Waals surface area contributed by atoms with Crippen LogP contribution in [0, 0.1) is 0 Å². The zero-order valence-electron chi connectivity index (χ0n) is 7.91. The second-order valence-electron chi connectivity index (χ2n) is 3.31. The fraction of sp³-hybridized carbons (Fsp3) is 0.182. The summed E-state index contributed by atoms with van der Waals surface area (Å²) >= 11 is 0. The molecule has 2 heteroatoms. The summed E-state index contributed by atoms with van der Waals surface area (Å²) < 4.78 is 2.03. The third kappa shape index (κ3) is 1.15. The lowest BCUT2D eigenvalue weighted by Crippen LogP contribution is -1.85. The summed E-state index contributed by atoms with van der Waals surface area (Å²) in [4.78, 5) is 4.31. The summed E-state index contributed by atoms with van der Waals surface area (Å²) in [6.07, 6.45) is 3.88. The molecule has 0 radical (unpaired) electrons. The second-order valence-corrected chi connectivity index (χ2v) is 3.31. The number of aromatic nitrogens is 2. The van der Waals surface area contributed by atoms with Crippen LogP contribution in [-0.4, -0.2) is 9.55 Å². The molecule has 13 heavy (non-hydrogen) atoms. The van der Waals surface area contributed by atoms with Gasteiger partial charge in [0.1, 0.15) is 5.65 Å². The maximum Gasteiger partial charge on any atom is 0.140 e. The Balaban J connectivity index is 2.85. The highest BCUT2D eigenvalue weighted by Crippen LogP contribution is 2.23. The summed E-state index contributed by atoms with van der Waals surface area (Å²) in [7, 11) is 2.00. The molecule has 0 amide bonds. The monoisotopic (exact) mass is 172 g/mol. The molecule has 0 atom stereocenters. The normalized spacial score (nSPS) is 10.6. The first-order chi connectivity index (χ1) is 6.20. The summed E-state index contributed by atoms with van der Waals surface area (Å²) in [5.74, 6) is 0. The molecule has 2 aromatic rings. The van der Waals surface area contributed by atoms with E-state index in [0.717, 1.165) is 11.2 Å². The highest BCUT2D eigenvalue weighted by atomic mass is 15.0. The van der Waals surface area contributed by atoms with E-state index in [-0.39, 0.29) is 0 Å². The fourth-order valence-electron chi connectivity index (χ4n) is 1.55. The fourth-order valence-corrected chi connectivity index (χ4v) is 1.55. The van der Waals surface area contributed by atoms with Crippen LogP contribution < -0.4 is 0 Å². The minimum atomic E-state index is 1.01. The van der Waals surface area contributed by atoms with Crippen LogP contribution >= 0.6 is 0 Å². The van der Waals surface area contributed by atoms with Crippen LogP contribution in [0.1, 0.15) is 12.5 Å². The highest BCUT2D eigenvalue weighted by Gasteiger charge is 2.06. The van der Waals surface area contributed by atoms with Gasteiger partial charge in [-0.25, -0.2) is 4.98 Å². The quantitative estimate of drug-likeness (QED) is 0.646. The van der Waals surface area contributed by atoms with Crippen LogP contribution in [0.2, 0.25) is 0 Å². The Morgan fingerprint density at radius 2 is 2.31 bits per heavy atom. The van der Waals surface area contributed by atoms with Gasteiger partial charge in [-0.15, -0.1) is 0 Å². The Kier molecular flexibility index (Phi) is 1.69. The second kappa shape index (κ2) is 2.73. The zero-order valence-corrected chi connectivity index (χ0v) is 7.91. The zero-order chi connectivity index (χ0) is 9.42. The lowest BCUT2D eigenvalue weighted by Gasteiger charge is -1.94. The van der Waals surface area contributed by atoms with Crippen LogP contribution in [-0.2, 0) is 7.05 Å². The Labute approximate surface area is 77.5 Å². The lowest BCUT2D eigenvalue weighted by molar-refractivity contribution is 0.947. The van der Waals surface area contributed by atoms with Crippen molar-refractivity contribution in [1.29, 1.82) is 0 Å². The van der Waals surface area contributed by atoms with Gasteiger partial charge >= 0.3 is 0 Å². The van der Waals surface area contributed by atoms with E-state index in [1.807, 2.05) is 30.8 Å². The van der Waals surface area contributed by atoms with Crippen molar-refractivity contribution in [2.75, 3.05) is 0 Å². The molecule has 0 aliphatic heterocycles. The van der Waals surface area contributed by atoms with E-state index in [1.165, 1.54) is 10.9 Å². The Morgan fingerprint density at radius 3 is 3.00 bits per heavy atom. The van der Waals surface area contributed by atoms with Crippen molar-refractivity contribution in [2.45, 2.75) is 6.92 Å². The van der Waals surface area contributed by atoms with E-state index in [4.69, 9.17) is 0 Å². The first-order valence-electron chi connectivity index (χ1n) is 4.26. The van der Waals surface area contributed by atoms with E-state index >= 15 is 0 Å². The largest absolute Gasteiger partial charge is 0.335 e. The number of allylic oxidation sites excluding steroid dienone is 1. The predicted molar refractivity (Wildman–Crippen MR) is 55.4 cm³/mol. The molecule has 0 saturated heterocycles. The van der Waals surface area contributed by atoms with Gasteiger partial charge in [0.2, 0.25) is 0 Å². The average Bonchev–Trinajstić information content (AvgIpc) is 2.45. The SMILES string of the molecule is C=C(C)c1cn(C)c2ncccc12. The molecule has 0 fully saturated rings. The molecule has 66 valence electrons. The van der Waals surface area contributed by atoms with Gasteiger partial charge in [0.15, 0.2) is 0 Å². The van der Waals surface area contributed by atoms with Gasteiger partial charge in [0.05, 0.1) is 0 Å². The number of fused-ring (bicyclic) bond motifs is 1. The van der Waals surface area contributed by atoms with Gasteiger partial charge in [-0.2, -0.15) is 0 Å². The number of hydrogen-bond donors (Lipinski definition) is 0. The molecular formula is C11H12N2. The summed E-state index contributed by atoms with van der Waals surface area (Å²) in [6, 6.07) is 4.03.